The smallest absolute Gasteiger partial charge is 0.363 e. The Morgan fingerprint density at radius 1 is 1.05 bits per heavy atom. The van der Waals surface area contributed by atoms with E-state index < -0.39 is 13.4 Å². The maximum atomic E-state index is 12.7. The highest BCUT2D eigenvalue weighted by Crippen LogP contribution is 2.61. The van der Waals surface area contributed by atoms with Crippen LogP contribution in [0, 0.1) is 0 Å². The standard InChI is InChI=1S/C13H20BrO4P/c1-9(2)17-19(16,18-10(3)4)13(15)11-5-7-12(14)8-6-11/h5-10,13,15H,1-4H3/t13-/m0/s1. The summed E-state index contributed by atoms with van der Waals surface area (Å²) in [5.41, 5.74) is 0.507. The molecule has 1 rings (SSSR count). The fraction of sp³-hybridized carbons (Fsp3) is 0.538. The van der Waals surface area contributed by atoms with Gasteiger partial charge in [-0.25, -0.2) is 0 Å². The lowest BCUT2D eigenvalue weighted by Crippen LogP contribution is -2.13. The van der Waals surface area contributed by atoms with Gasteiger partial charge in [-0.15, -0.1) is 0 Å². The normalized spacial score (nSPS) is 14.1. The monoisotopic (exact) mass is 350 g/mol. The lowest BCUT2D eigenvalue weighted by molar-refractivity contribution is 0.101. The maximum absolute atomic E-state index is 12.7. The van der Waals surface area contributed by atoms with Crippen LogP contribution < -0.4 is 0 Å². The van der Waals surface area contributed by atoms with Gasteiger partial charge in [0.1, 0.15) is 0 Å². The molecule has 1 atom stereocenters. The molecule has 19 heavy (non-hydrogen) atoms. The number of aliphatic hydroxyl groups is 1. The van der Waals surface area contributed by atoms with Gasteiger partial charge >= 0.3 is 7.60 Å². The molecule has 0 amide bonds. The van der Waals surface area contributed by atoms with Crippen molar-refractivity contribution in [1.29, 1.82) is 0 Å². The molecule has 0 saturated carbocycles. The summed E-state index contributed by atoms with van der Waals surface area (Å²) in [5, 5.41) is 10.3. The van der Waals surface area contributed by atoms with E-state index in [1.807, 2.05) is 0 Å². The van der Waals surface area contributed by atoms with E-state index in [1.54, 1.807) is 52.0 Å². The van der Waals surface area contributed by atoms with E-state index in [4.69, 9.17) is 9.05 Å². The van der Waals surface area contributed by atoms with Gasteiger partial charge in [-0.05, 0) is 45.4 Å². The first-order chi connectivity index (χ1) is 8.74. The first-order valence-corrected chi connectivity index (χ1v) is 8.55. The Kier molecular flexibility index (Phi) is 6.21. The summed E-state index contributed by atoms with van der Waals surface area (Å²) in [7, 11) is -3.62. The van der Waals surface area contributed by atoms with Gasteiger partial charge in [-0.3, -0.25) is 4.57 Å². The zero-order valence-corrected chi connectivity index (χ0v) is 14.0. The predicted octanol–water partition coefficient (Wildman–Crippen LogP) is 4.48. The molecule has 0 aliphatic heterocycles. The van der Waals surface area contributed by atoms with Crippen LogP contribution in [0.2, 0.25) is 0 Å². The zero-order chi connectivity index (χ0) is 14.6. The highest BCUT2D eigenvalue weighted by molar-refractivity contribution is 9.10. The van der Waals surface area contributed by atoms with Crippen molar-refractivity contribution in [2.75, 3.05) is 0 Å². The van der Waals surface area contributed by atoms with E-state index >= 15 is 0 Å². The third kappa shape index (κ3) is 5.01. The van der Waals surface area contributed by atoms with Crippen molar-refractivity contribution in [3.8, 4) is 0 Å². The maximum Gasteiger partial charge on any atom is 0.363 e. The molecule has 0 aliphatic carbocycles. The van der Waals surface area contributed by atoms with Crippen molar-refractivity contribution >= 4 is 23.5 Å². The fourth-order valence-electron chi connectivity index (χ4n) is 1.55. The van der Waals surface area contributed by atoms with Gasteiger partial charge in [0, 0.05) is 4.47 Å². The fourth-order valence-corrected chi connectivity index (χ4v) is 3.80. The van der Waals surface area contributed by atoms with Crippen LogP contribution in [0.5, 0.6) is 0 Å². The summed E-state index contributed by atoms with van der Waals surface area (Å²) in [5.74, 6) is -1.29. The number of aliphatic hydroxyl groups excluding tert-OH is 1. The second-order valence-electron chi connectivity index (χ2n) is 4.77. The van der Waals surface area contributed by atoms with Crippen LogP contribution in [0.15, 0.2) is 28.7 Å². The largest absolute Gasteiger partial charge is 0.376 e. The molecule has 0 saturated heterocycles. The van der Waals surface area contributed by atoms with E-state index in [-0.39, 0.29) is 12.2 Å². The minimum Gasteiger partial charge on any atom is -0.376 e. The summed E-state index contributed by atoms with van der Waals surface area (Å²) in [6.45, 7) is 7.02. The van der Waals surface area contributed by atoms with Gasteiger partial charge in [0.15, 0.2) is 5.85 Å². The highest BCUT2D eigenvalue weighted by atomic mass is 79.9. The number of rotatable bonds is 6. The van der Waals surface area contributed by atoms with Crippen molar-refractivity contribution in [2.45, 2.75) is 45.7 Å². The van der Waals surface area contributed by atoms with Gasteiger partial charge in [0.25, 0.3) is 0 Å². The van der Waals surface area contributed by atoms with Crippen LogP contribution >= 0.6 is 23.5 Å². The molecule has 4 nitrogen and oxygen atoms in total. The van der Waals surface area contributed by atoms with Gasteiger partial charge < -0.3 is 14.2 Å². The number of halogens is 1. The lowest BCUT2D eigenvalue weighted by atomic mass is 10.2. The zero-order valence-electron chi connectivity index (χ0n) is 11.5. The number of hydrogen-bond acceptors (Lipinski definition) is 4. The SMILES string of the molecule is CC(C)OP(=O)(OC(C)C)[C@H](O)c1ccc(Br)cc1. The van der Waals surface area contributed by atoms with Crippen molar-refractivity contribution < 1.29 is 18.7 Å². The van der Waals surface area contributed by atoms with E-state index in [9.17, 15) is 9.67 Å². The third-order valence-electron chi connectivity index (χ3n) is 2.18. The number of benzene rings is 1. The Morgan fingerprint density at radius 3 is 1.84 bits per heavy atom. The minimum atomic E-state index is -3.62. The molecule has 0 unspecified atom stereocenters. The van der Waals surface area contributed by atoms with Gasteiger partial charge in [-0.1, -0.05) is 28.1 Å². The second-order valence-corrected chi connectivity index (χ2v) is 7.68. The van der Waals surface area contributed by atoms with Crippen molar-refractivity contribution in [1.82, 2.24) is 0 Å². The molecular weight excluding hydrogens is 331 g/mol. The Morgan fingerprint density at radius 2 is 1.47 bits per heavy atom. The van der Waals surface area contributed by atoms with E-state index in [0.717, 1.165) is 4.47 Å². The molecular formula is C13H20BrO4P. The van der Waals surface area contributed by atoms with Crippen LogP contribution in [0.4, 0.5) is 0 Å². The molecule has 0 fully saturated rings. The topological polar surface area (TPSA) is 55.8 Å². The quantitative estimate of drug-likeness (QED) is 0.768. The van der Waals surface area contributed by atoms with Gasteiger partial charge in [-0.2, -0.15) is 0 Å². The molecule has 0 bridgehead atoms. The highest BCUT2D eigenvalue weighted by Gasteiger charge is 2.37. The van der Waals surface area contributed by atoms with E-state index in [0.29, 0.717) is 5.56 Å². The molecule has 1 aromatic carbocycles. The van der Waals surface area contributed by atoms with Crippen molar-refractivity contribution in [3.63, 3.8) is 0 Å². The molecule has 0 spiro atoms. The molecule has 6 heteroatoms. The molecule has 0 heterocycles. The summed E-state index contributed by atoms with van der Waals surface area (Å²) < 4.78 is 24.3. The van der Waals surface area contributed by atoms with Crippen LogP contribution in [0.1, 0.15) is 39.1 Å². The Labute approximate surface area is 122 Å². The van der Waals surface area contributed by atoms with Crippen LogP contribution in [0.3, 0.4) is 0 Å². The third-order valence-corrected chi connectivity index (χ3v) is 5.04. The first kappa shape index (κ1) is 16.9. The summed E-state index contributed by atoms with van der Waals surface area (Å²) in [4.78, 5) is 0. The molecule has 0 aromatic heterocycles. The van der Waals surface area contributed by atoms with Crippen molar-refractivity contribution in [3.05, 3.63) is 34.3 Å². The minimum absolute atomic E-state index is 0.297. The first-order valence-electron chi connectivity index (χ1n) is 6.14. The second kappa shape index (κ2) is 7.00. The van der Waals surface area contributed by atoms with Gasteiger partial charge in [0.2, 0.25) is 0 Å². The molecule has 1 aromatic rings. The van der Waals surface area contributed by atoms with Gasteiger partial charge in [0.05, 0.1) is 12.2 Å². The lowest BCUT2D eigenvalue weighted by Gasteiger charge is -2.26. The summed E-state index contributed by atoms with van der Waals surface area (Å²) >= 11 is 3.31. The average molecular weight is 351 g/mol. The molecule has 0 radical (unpaired) electrons. The van der Waals surface area contributed by atoms with Crippen LogP contribution in [0.25, 0.3) is 0 Å². The van der Waals surface area contributed by atoms with Crippen molar-refractivity contribution in [2.24, 2.45) is 0 Å². The molecule has 1 N–H and O–H groups in total. The Balaban J connectivity index is 3.03. The number of hydrogen-bond donors (Lipinski definition) is 1. The Hall–Kier alpha value is -0.190. The average Bonchev–Trinajstić information content (AvgIpc) is 2.26. The summed E-state index contributed by atoms with van der Waals surface area (Å²) in [6.07, 6.45) is -0.593. The van der Waals surface area contributed by atoms with E-state index in [2.05, 4.69) is 15.9 Å². The molecule has 0 aliphatic rings. The van der Waals surface area contributed by atoms with Crippen LogP contribution in [-0.4, -0.2) is 17.3 Å². The Bertz CT molecular complexity index is 430. The van der Waals surface area contributed by atoms with E-state index in [1.165, 1.54) is 0 Å². The van der Waals surface area contributed by atoms with Crippen LogP contribution in [-0.2, 0) is 13.6 Å². The predicted molar refractivity (Wildman–Crippen MR) is 79.2 cm³/mol. The molecule has 108 valence electrons. The summed E-state index contributed by atoms with van der Waals surface area (Å²) in [6, 6.07) is 6.92.